The number of rotatable bonds is 3. The lowest BCUT2D eigenvalue weighted by Gasteiger charge is -2.21. The first kappa shape index (κ1) is 17.6. The van der Waals surface area contributed by atoms with Crippen LogP contribution in [-0.4, -0.2) is 36.4 Å². The number of carbonyl (C=O) groups excluding carboxylic acids is 2. The van der Waals surface area contributed by atoms with Crippen LogP contribution in [0.15, 0.2) is 0 Å². The molecule has 1 saturated carbocycles. The highest BCUT2D eigenvalue weighted by atomic mass is 19.4. The molecule has 0 radical (unpaired) electrons. The summed E-state index contributed by atoms with van der Waals surface area (Å²) in [6.45, 7) is 3.87. The van der Waals surface area contributed by atoms with E-state index in [9.17, 15) is 22.8 Å². The van der Waals surface area contributed by atoms with Crippen LogP contribution in [-0.2, 0) is 9.53 Å². The summed E-state index contributed by atoms with van der Waals surface area (Å²) in [6.07, 6.45) is -3.68. The van der Waals surface area contributed by atoms with Crippen LogP contribution >= 0.6 is 0 Å². The molecule has 0 aromatic carbocycles. The molecule has 21 heavy (non-hydrogen) atoms. The van der Waals surface area contributed by atoms with Crippen LogP contribution in [0.5, 0.6) is 0 Å². The van der Waals surface area contributed by atoms with Crippen LogP contribution in [0.3, 0.4) is 0 Å². The van der Waals surface area contributed by atoms with E-state index in [-0.39, 0.29) is 6.04 Å². The zero-order valence-corrected chi connectivity index (χ0v) is 12.3. The molecule has 0 aliphatic heterocycles. The quantitative estimate of drug-likeness (QED) is 0.841. The summed E-state index contributed by atoms with van der Waals surface area (Å²) in [5.74, 6) is -1.13. The van der Waals surface area contributed by atoms with Gasteiger partial charge in [-0.2, -0.15) is 13.2 Å². The molecule has 8 heteroatoms. The number of hydrogen-bond acceptors (Lipinski definition) is 3. The van der Waals surface area contributed by atoms with Crippen LogP contribution in [0.2, 0.25) is 0 Å². The van der Waals surface area contributed by atoms with E-state index in [1.54, 1.807) is 20.8 Å². The fourth-order valence-corrected chi connectivity index (χ4v) is 2.16. The normalized spacial score (nSPS) is 22.8. The fraction of sp³-hybridized carbons (Fsp3) is 0.846. The van der Waals surface area contributed by atoms with E-state index in [4.69, 9.17) is 4.74 Å². The minimum atomic E-state index is -4.41. The zero-order chi connectivity index (χ0) is 16.3. The molecule has 0 spiro atoms. The summed E-state index contributed by atoms with van der Waals surface area (Å²) in [7, 11) is 0. The summed E-state index contributed by atoms with van der Waals surface area (Å²) < 4.78 is 41.2. The van der Waals surface area contributed by atoms with Crippen molar-refractivity contribution in [3.8, 4) is 0 Å². The Balaban J connectivity index is 2.35. The van der Waals surface area contributed by atoms with Gasteiger partial charge in [0.25, 0.3) is 0 Å². The van der Waals surface area contributed by atoms with E-state index in [0.29, 0.717) is 19.3 Å². The lowest BCUT2D eigenvalue weighted by atomic mass is 10.1. The van der Waals surface area contributed by atoms with Gasteiger partial charge >= 0.3 is 12.3 Å². The highest BCUT2D eigenvalue weighted by Gasteiger charge is 2.34. The molecule has 5 nitrogen and oxygen atoms in total. The van der Waals surface area contributed by atoms with Crippen molar-refractivity contribution in [2.75, 3.05) is 6.54 Å². The predicted octanol–water partition coefficient (Wildman–Crippen LogP) is 2.36. The molecule has 2 amide bonds. The molecule has 0 aromatic heterocycles. The largest absolute Gasteiger partial charge is 0.444 e. The second-order valence-corrected chi connectivity index (χ2v) is 6.19. The summed E-state index contributed by atoms with van der Waals surface area (Å²) >= 11 is 0. The molecule has 0 heterocycles. The monoisotopic (exact) mass is 310 g/mol. The molecule has 1 aliphatic carbocycles. The number of alkyl halides is 3. The zero-order valence-electron chi connectivity index (χ0n) is 12.3. The van der Waals surface area contributed by atoms with Crippen LogP contribution in [0, 0.1) is 5.92 Å². The van der Waals surface area contributed by atoms with Gasteiger partial charge in [-0.3, -0.25) is 4.79 Å². The molecule has 0 saturated heterocycles. The van der Waals surface area contributed by atoms with Gasteiger partial charge in [0.15, 0.2) is 0 Å². The topological polar surface area (TPSA) is 67.4 Å². The first-order valence-electron chi connectivity index (χ1n) is 6.80. The van der Waals surface area contributed by atoms with Gasteiger partial charge in [-0.25, -0.2) is 4.79 Å². The van der Waals surface area contributed by atoms with Crippen molar-refractivity contribution in [1.82, 2.24) is 10.6 Å². The Morgan fingerprint density at radius 1 is 1.19 bits per heavy atom. The molecule has 0 bridgehead atoms. The molecule has 1 aliphatic rings. The number of ether oxygens (including phenoxy) is 1. The maximum atomic E-state index is 12.0. The molecule has 2 N–H and O–H groups in total. The Kier molecular flexibility index (Phi) is 5.47. The average molecular weight is 310 g/mol. The summed E-state index contributed by atoms with van der Waals surface area (Å²) in [4.78, 5) is 23.2. The number of alkyl carbamates (subject to hydrolysis) is 1. The van der Waals surface area contributed by atoms with Gasteiger partial charge in [-0.15, -0.1) is 0 Å². The first-order chi connectivity index (χ1) is 9.46. The van der Waals surface area contributed by atoms with Crippen molar-refractivity contribution < 1.29 is 27.5 Å². The third-order valence-corrected chi connectivity index (χ3v) is 2.99. The summed E-state index contributed by atoms with van der Waals surface area (Å²) in [6, 6.07) is -0.249. The van der Waals surface area contributed by atoms with Gasteiger partial charge in [-0.05, 0) is 40.0 Å². The first-order valence-corrected chi connectivity index (χ1v) is 6.80. The second-order valence-electron chi connectivity index (χ2n) is 6.19. The van der Waals surface area contributed by atoms with Gasteiger partial charge in [0.1, 0.15) is 12.1 Å². The summed E-state index contributed by atoms with van der Waals surface area (Å²) in [5, 5.41) is 4.50. The van der Waals surface area contributed by atoms with Crippen molar-refractivity contribution in [2.24, 2.45) is 5.92 Å². The number of hydrogen-bond donors (Lipinski definition) is 2. The number of nitrogens with one attached hydrogen (secondary N) is 2. The van der Waals surface area contributed by atoms with Crippen LogP contribution < -0.4 is 10.6 Å². The van der Waals surface area contributed by atoms with Gasteiger partial charge in [0.05, 0.1) is 0 Å². The number of amides is 2. The van der Waals surface area contributed by atoms with Crippen molar-refractivity contribution in [1.29, 1.82) is 0 Å². The molecule has 122 valence electrons. The van der Waals surface area contributed by atoms with E-state index in [1.165, 1.54) is 0 Å². The smallest absolute Gasteiger partial charge is 0.407 e. The van der Waals surface area contributed by atoms with Crippen LogP contribution in [0.25, 0.3) is 0 Å². The van der Waals surface area contributed by atoms with E-state index in [2.05, 4.69) is 5.32 Å². The lowest BCUT2D eigenvalue weighted by molar-refractivity contribution is -0.140. The van der Waals surface area contributed by atoms with E-state index in [1.807, 2.05) is 5.32 Å². The van der Waals surface area contributed by atoms with Gasteiger partial charge in [-0.1, -0.05) is 0 Å². The molecule has 0 aromatic rings. The fourth-order valence-electron chi connectivity index (χ4n) is 2.16. The van der Waals surface area contributed by atoms with Crippen molar-refractivity contribution >= 4 is 12.0 Å². The second kappa shape index (κ2) is 6.53. The number of halogens is 3. The van der Waals surface area contributed by atoms with Crippen LogP contribution in [0.4, 0.5) is 18.0 Å². The summed E-state index contributed by atoms with van der Waals surface area (Å²) in [5.41, 5.74) is -0.619. The predicted molar refractivity (Wildman–Crippen MR) is 69.6 cm³/mol. The highest BCUT2D eigenvalue weighted by Crippen LogP contribution is 2.26. The molecule has 1 rings (SSSR count). The standard InChI is InChI=1S/C13H21F3N2O3/c1-12(2,3)21-11(20)18-9-5-4-8(6-9)10(19)17-7-13(14,15)16/h8-9H,4-7H2,1-3H3,(H,17,19)(H,18,20)/t8-,9+/m1/s1. The Labute approximate surface area is 121 Å². The van der Waals surface area contributed by atoms with Gasteiger partial charge in [0, 0.05) is 12.0 Å². The highest BCUT2D eigenvalue weighted by molar-refractivity contribution is 5.79. The van der Waals surface area contributed by atoms with Gasteiger partial charge < -0.3 is 15.4 Å². The Morgan fingerprint density at radius 3 is 2.33 bits per heavy atom. The Hall–Kier alpha value is -1.47. The molecule has 2 atom stereocenters. The van der Waals surface area contributed by atoms with Crippen molar-refractivity contribution in [3.05, 3.63) is 0 Å². The Bertz CT molecular complexity index is 391. The minimum Gasteiger partial charge on any atom is -0.444 e. The van der Waals surface area contributed by atoms with E-state index in [0.717, 1.165) is 0 Å². The maximum absolute atomic E-state index is 12.0. The molecular weight excluding hydrogens is 289 g/mol. The van der Waals surface area contributed by atoms with Crippen LogP contribution in [0.1, 0.15) is 40.0 Å². The lowest BCUT2D eigenvalue weighted by Crippen LogP contribution is -2.39. The van der Waals surface area contributed by atoms with Crippen molar-refractivity contribution in [2.45, 2.75) is 57.9 Å². The third kappa shape index (κ3) is 7.19. The number of carbonyl (C=O) groups is 2. The third-order valence-electron chi connectivity index (χ3n) is 2.99. The SMILES string of the molecule is CC(C)(C)OC(=O)N[C@H]1CC[C@@H](C(=O)NCC(F)(F)F)C1. The van der Waals surface area contributed by atoms with E-state index < -0.39 is 36.2 Å². The average Bonchev–Trinajstić information content (AvgIpc) is 2.70. The van der Waals surface area contributed by atoms with Gasteiger partial charge in [0.2, 0.25) is 5.91 Å². The molecule has 1 fully saturated rings. The maximum Gasteiger partial charge on any atom is 0.407 e. The molecule has 0 unspecified atom stereocenters. The van der Waals surface area contributed by atoms with Crippen molar-refractivity contribution in [3.63, 3.8) is 0 Å². The van der Waals surface area contributed by atoms with E-state index >= 15 is 0 Å². The Morgan fingerprint density at radius 2 is 1.81 bits per heavy atom. The minimum absolute atomic E-state index is 0.249. The molecular formula is C13H21F3N2O3.